The standard InChI is InChI=1S/C30H39O3S.F6P/c1-28(2,3)31-22-16-10-13-19-25(22)34(26-20-14-11-17-23(26)32-29(4,5)6)27-21-15-12-18-24(27)33-30(7,8)9;1-7(2,3,4,5)6/h10-21H,1-9H3;/q+1;-1. The Balaban J connectivity index is 0.000000745. The molecule has 0 fully saturated rings. The molecule has 0 saturated heterocycles. The monoisotopic (exact) mass is 624 g/mol. The molecule has 0 aliphatic rings. The molecule has 0 bridgehead atoms. The molecule has 11 heteroatoms. The molecule has 41 heavy (non-hydrogen) atoms. The number of halogens is 6. The number of benzene rings is 3. The zero-order valence-electron chi connectivity index (χ0n) is 24.8. The zero-order valence-corrected chi connectivity index (χ0v) is 26.5. The van der Waals surface area contributed by atoms with Crippen LogP contribution in [0.2, 0.25) is 0 Å². The third-order valence-electron chi connectivity index (χ3n) is 4.46. The predicted octanol–water partition coefficient (Wildman–Crippen LogP) is 11.7. The van der Waals surface area contributed by atoms with Gasteiger partial charge < -0.3 is 14.2 Å². The van der Waals surface area contributed by atoms with Gasteiger partial charge >= 0.3 is 33.0 Å². The topological polar surface area (TPSA) is 27.7 Å². The van der Waals surface area contributed by atoms with Crippen molar-refractivity contribution >= 4 is 18.7 Å². The summed E-state index contributed by atoms with van der Waals surface area (Å²) in [4.78, 5) is 3.31. The van der Waals surface area contributed by atoms with Crippen molar-refractivity contribution in [1.82, 2.24) is 0 Å². The molecule has 3 rings (SSSR count). The van der Waals surface area contributed by atoms with Crippen molar-refractivity contribution < 1.29 is 39.4 Å². The fourth-order valence-corrected chi connectivity index (χ4v) is 5.74. The Morgan fingerprint density at radius 3 is 0.829 bits per heavy atom. The molecule has 0 amide bonds. The third-order valence-corrected chi connectivity index (χ3v) is 6.79. The fourth-order valence-electron chi connectivity index (χ4n) is 3.45. The van der Waals surface area contributed by atoms with Crippen molar-refractivity contribution in [1.29, 1.82) is 0 Å². The van der Waals surface area contributed by atoms with Gasteiger partial charge in [0, 0.05) is 0 Å². The maximum absolute atomic E-state index is 10.7. The molecule has 0 spiro atoms. The van der Waals surface area contributed by atoms with E-state index < -0.39 is 18.7 Å². The number of hydrogen-bond donors (Lipinski definition) is 0. The molecular formula is C30H39F6O3PS. The molecule has 0 aliphatic carbocycles. The van der Waals surface area contributed by atoms with E-state index in [0.29, 0.717) is 0 Å². The van der Waals surface area contributed by atoms with Crippen LogP contribution in [0.1, 0.15) is 62.3 Å². The van der Waals surface area contributed by atoms with Gasteiger partial charge in [-0.25, -0.2) is 0 Å². The van der Waals surface area contributed by atoms with Gasteiger partial charge in [-0.05, 0) is 98.7 Å². The molecule has 0 aliphatic heterocycles. The number of rotatable bonds is 6. The van der Waals surface area contributed by atoms with Gasteiger partial charge in [0.2, 0.25) is 14.7 Å². The van der Waals surface area contributed by atoms with Crippen LogP contribution in [0, 0.1) is 0 Å². The van der Waals surface area contributed by atoms with Crippen molar-refractivity contribution in [3.05, 3.63) is 72.8 Å². The molecule has 3 nitrogen and oxygen atoms in total. The molecule has 0 atom stereocenters. The van der Waals surface area contributed by atoms with E-state index in [-0.39, 0.29) is 16.8 Å². The molecule has 0 aromatic heterocycles. The minimum atomic E-state index is -10.7. The summed E-state index contributed by atoms with van der Waals surface area (Å²) in [6.45, 7) is 18.7. The van der Waals surface area contributed by atoms with E-state index in [0.717, 1.165) is 31.9 Å². The van der Waals surface area contributed by atoms with Crippen molar-refractivity contribution in [3.63, 3.8) is 0 Å². The van der Waals surface area contributed by atoms with E-state index in [1.807, 2.05) is 18.2 Å². The van der Waals surface area contributed by atoms with Crippen LogP contribution in [0.15, 0.2) is 87.5 Å². The first-order valence-electron chi connectivity index (χ1n) is 12.8. The molecule has 0 radical (unpaired) electrons. The van der Waals surface area contributed by atoms with Gasteiger partial charge in [0.15, 0.2) is 17.2 Å². The van der Waals surface area contributed by atoms with E-state index >= 15 is 0 Å². The molecule has 0 saturated carbocycles. The van der Waals surface area contributed by atoms with Gasteiger partial charge in [0.25, 0.3) is 0 Å². The summed E-state index contributed by atoms with van der Waals surface area (Å²) in [5, 5.41) is 0. The molecular weight excluding hydrogens is 585 g/mol. The van der Waals surface area contributed by atoms with Gasteiger partial charge in [-0.15, -0.1) is 0 Å². The van der Waals surface area contributed by atoms with Crippen LogP contribution in [0.3, 0.4) is 0 Å². The molecule has 3 aromatic rings. The van der Waals surface area contributed by atoms with Crippen LogP contribution >= 0.6 is 7.81 Å². The van der Waals surface area contributed by atoms with Gasteiger partial charge in [-0.3, -0.25) is 0 Å². The predicted molar refractivity (Wildman–Crippen MR) is 156 cm³/mol. The number of para-hydroxylation sites is 3. The molecule has 3 aromatic carbocycles. The second-order valence-corrected chi connectivity index (χ2v) is 16.1. The Hall–Kier alpha value is -2.58. The molecule has 230 valence electrons. The average molecular weight is 625 g/mol. The van der Waals surface area contributed by atoms with Crippen LogP contribution in [-0.4, -0.2) is 16.8 Å². The first kappa shape index (κ1) is 34.6. The molecule has 0 N–H and O–H groups in total. The zero-order chi connectivity index (χ0) is 31.6. The number of ether oxygens (including phenoxy) is 3. The van der Waals surface area contributed by atoms with E-state index in [9.17, 15) is 25.2 Å². The van der Waals surface area contributed by atoms with Gasteiger partial charge in [0.1, 0.15) is 27.7 Å². The van der Waals surface area contributed by atoms with Crippen LogP contribution in [0.5, 0.6) is 17.2 Å². The third kappa shape index (κ3) is 14.2. The first-order chi connectivity index (χ1) is 18.2. The Labute approximate surface area is 241 Å². The van der Waals surface area contributed by atoms with E-state index in [2.05, 4.69) is 117 Å². The second kappa shape index (κ2) is 11.3. The summed E-state index contributed by atoms with van der Waals surface area (Å²) in [5.41, 5.74) is -0.976. The quantitative estimate of drug-likeness (QED) is 0.155. The van der Waals surface area contributed by atoms with E-state index in [1.165, 1.54) is 0 Å². The van der Waals surface area contributed by atoms with Crippen LogP contribution in [0.25, 0.3) is 0 Å². The van der Waals surface area contributed by atoms with Crippen LogP contribution in [0.4, 0.5) is 25.2 Å². The molecule has 0 unspecified atom stereocenters. The summed E-state index contributed by atoms with van der Waals surface area (Å²) >= 11 is 0. The number of hydrogen-bond acceptors (Lipinski definition) is 3. The SMILES string of the molecule is CC(C)(C)Oc1ccccc1[S+](c1ccccc1OC(C)(C)C)c1ccccc1OC(C)(C)C.F[P-](F)(F)(F)(F)F. The van der Waals surface area contributed by atoms with E-state index in [4.69, 9.17) is 14.2 Å². The Morgan fingerprint density at radius 1 is 0.439 bits per heavy atom. The van der Waals surface area contributed by atoms with Gasteiger partial charge in [-0.2, -0.15) is 0 Å². The normalized spacial score (nSPS) is 14.3. The van der Waals surface area contributed by atoms with Crippen LogP contribution < -0.4 is 14.2 Å². The minimum absolute atomic E-state index is 0.325. The Morgan fingerprint density at radius 2 is 0.634 bits per heavy atom. The second-order valence-electron chi connectivity index (χ2n) is 12.2. The van der Waals surface area contributed by atoms with Gasteiger partial charge in [0.05, 0.1) is 0 Å². The summed E-state index contributed by atoms with van der Waals surface area (Å²) < 4.78 is 78.6. The first-order valence-corrected chi connectivity index (χ1v) is 16.1. The maximum atomic E-state index is 9.87. The van der Waals surface area contributed by atoms with Crippen molar-refractivity contribution in [2.45, 2.75) is 93.8 Å². The van der Waals surface area contributed by atoms with Crippen molar-refractivity contribution in [2.75, 3.05) is 0 Å². The summed E-state index contributed by atoms with van der Waals surface area (Å²) in [5.74, 6) is 2.61. The van der Waals surface area contributed by atoms with E-state index in [1.54, 1.807) is 0 Å². The van der Waals surface area contributed by atoms with Crippen molar-refractivity contribution in [2.24, 2.45) is 0 Å². The molecule has 0 heterocycles. The van der Waals surface area contributed by atoms with Gasteiger partial charge in [-0.1, -0.05) is 36.4 Å². The Kier molecular flexibility index (Phi) is 9.50. The summed E-state index contributed by atoms with van der Waals surface area (Å²) in [6, 6.07) is 25.0. The average Bonchev–Trinajstić information content (AvgIpc) is 2.72. The Bertz CT molecular complexity index is 1170. The summed E-state index contributed by atoms with van der Waals surface area (Å²) in [6.07, 6.45) is 0. The van der Waals surface area contributed by atoms with Crippen molar-refractivity contribution in [3.8, 4) is 17.2 Å². The fraction of sp³-hybridized carbons (Fsp3) is 0.400. The summed E-state index contributed by atoms with van der Waals surface area (Å²) in [7, 11) is -11.2. The van der Waals surface area contributed by atoms with Crippen LogP contribution in [-0.2, 0) is 10.9 Å².